The van der Waals surface area contributed by atoms with Gasteiger partial charge in [0.15, 0.2) is 0 Å². The van der Waals surface area contributed by atoms with Gasteiger partial charge < -0.3 is 0 Å². The highest BCUT2D eigenvalue weighted by Gasteiger charge is 2.19. The van der Waals surface area contributed by atoms with Gasteiger partial charge in [0, 0.05) is 56.1 Å². The Kier molecular flexibility index (Phi) is 5.98. The molecule has 130 valence electrons. The molecular weight excluding hydrogens is 316 g/mol. The molecule has 1 aromatic heterocycles. The van der Waals surface area contributed by atoms with Crippen LogP contribution in [0.3, 0.4) is 0 Å². The third-order valence-electron chi connectivity index (χ3n) is 4.85. The maximum Gasteiger partial charge on any atom is 0.0698 e. The van der Waals surface area contributed by atoms with E-state index in [1.165, 1.54) is 53.3 Å². The first-order valence-electron chi connectivity index (χ1n) is 8.71. The molecule has 0 spiro atoms. The van der Waals surface area contributed by atoms with Gasteiger partial charge in [0.25, 0.3) is 0 Å². The maximum absolute atomic E-state index is 4.33. The van der Waals surface area contributed by atoms with Crippen molar-refractivity contribution in [3.05, 3.63) is 41.1 Å². The second-order valence-corrected chi connectivity index (χ2v) is 7.68. The van der Waals surface area contributed by atoms with Crippen molar-refractivity contribution >= 4 is 11.8 Å². The van der Waals surface area contributed by atoms with Crippen LogP contribution in [0.5, 0.6) is 0 Å². The number of aromatic nitrogens is 2. The molecule has 1 fully saturated rings. The van der Waals surface area contributed by atoms with Crippen LogP contribution in [0.15, 0.2) is 24.4 Å². The zero-order valence-corrected chi connectivity index (χ0v) is 15.8. The molecule has 1 aliphatic heterocycles. The molecule has 0 atom stereocenters. The summed E-state index contributed by atoms with van der Waals surface area (Å²) >= 11 is 1.93. The molecule has 0 saturated carbocycles. The van der Waals surface area contributed by atoms with E-state index in [1.54, 1.807) is 0 Å². The predicted molar refractivity (Wildman–Crippen MR) is 104 cm³/mol. The first kappa shape index (κ1) is 17.5. The molecule has 0 amide bonds. The third kappa shape index (κ3) is 4.21. The van der Waals surface area contributed by atoms with Crippen molar-refractivity contribution in [3.8, 4) is 11.3 Å². The summed E-state index contributed by atoms with van der Waals surface area (Å²) in [4.78, 5) is 5.13. The molecule has 0 aliphatic carbocycles. The van der Waals surface area contributed by atoms with E-state index < -0.39 is 0 Å². The van der Waals surface area contributed by atoms with E-state index in [2.05, 4.69) is 58.3 Å². The lowest BCUT2D eigenvalue weighted by Gasteiger charge is -2.34. The van der Waals surface area contributed by atoms with Crippen molar-refractivity contribution in [2.75, 3.05) is 44.7 Å². The van der Waals surface area contributed by atoms with Crippen LogP contribution in [0.2, 0.25) is 0 Å². The lowest BCUT2D eigenvalue weighted by Crippen LogP contribution is -2.46. The minimum atomic E-state index is 0.982. The molecule has 1 saturated heterocycles. The number of nitrogens with zero attached hydrogens (tertiary/aromatic N) is 3. The molecule has 0 unspecified atom stereocenters. The van der Waals surface area contributed by atoms with Crippen molar-refractivity contribution in [1.29, 1.82) is 0 Å². The summed E-state index contributed by atoms with van der Waals surface area (Å²) in [5.74, 6) is 1.23. The van der Waals surface area contributed by atoms with Crippen molar-refractivity contribution in [3.63, 3.8) is 0 Å². The molecule has 1 aliphatic rings. The average molecular weight is 345 g/mol. The highest BCUT2D eigenvalue weighted by Crippen LogP contribution is 2.26. The van der Waals surface area contributed by atoms with Crippen molar-refractivity contribution in [2.45, 2.75) is 20.4 Å². The first-order chi connectivity index (χ1) is 11.7. The Morgan fingerprint density at radius 1 is 1.12 bits per heavy atom. The average Bonchev–Trinajstić information content (AvgIpc) is 3.04. The van der Waals surface area contributed by atoms with Crippen LogP contribution in [0.25, 0.3) is 11.3 Å². The molecule has 2 heterocycles. The monoisotopic (exact) mass is 344 g/mol. The number of thioether (sulfide) groups is 1. The van der Waals surface area contributed by atoms with Crippen LogP contribution >= 0.6 is 11.8 Å². The molecule has 4 nitrogen and oxygen atoms in total. The highest BCUT2D eigenvalue weighted by molar-refractivity contribution is 7.98. The molecule has 0 bridgehead atoms. The van der Waals surface area contributed by atoms with Crippen molar-refractivity contribution in [1.82, 2.24) is 20.0 Å². The Labute approximate surface area is 149 Å². The molecular formula is C19H28N4S. The van der Waals surface area contributed by atoms with Gasteiger partial charge in [0.05, 0.1) is 11.9 Å². The molecule has 1 aromatic carbocycles. The van der Waals surface area contributed by atoms with Crippen molar-refractivity contribution in [2.24, 2.45) is 0 Å². The Morgan fingerprint density at radius 3 is 2.62 bits per heavy atom. The van der Waals surface area contributed by atoms with E-state index in [9.17, 15) is 0 Å². The number of nitrogens with one attached hydrogen (secondary N) is 1. The fraction of sp³-hybridized carbons (Fsp3) is 0.526. The fourth-order valence-electron chi connectivity index (χ4n) is 3.30. The van der Waals surface area contributed by atoms with Gasteiger partial charge in [-0.15, -0.1) is 0 Å². The number of benzene rings is 1. The Morgan fingerprint density at radius 2 is 1.88 bits per heavy atom. The predicted octanol–water partition coefficient (Wildman–Crippen LogP) is 3.17. The number of hydrogen-bond acceptors (Lipinski definition) is 4. The fourth-order valence-corrected chi connectivity index (χ4v) is 3.74. The van der Waals surface area contributed by atoms with Gasteiger partial charge in [-0.3, -0.25) is 14.9 Å². The normalized spacial score (nSPS) is 16.6. The Balaban J connectivity index is 1.66. The van der Waals surface area contributed by atoms with E-state index in [1.807, 2.05) is 18.0 Å². The second kappa shape index (κ2) is 8.19. The summed E-state index contributed by atoms with van der Waals surface area (Å²) in [6, 6.07) is 6.62. The van der Waals surface area contributed by atoms with Crippen molar-refractivity contribution < 1.29 is 0 Å². The summed E-state index contributed by atoms with van der Waals surface area (Å²) in [6.45, 7) is 11.2. The Bertz CT molecular complexity index is 659. The second-order valence-electron chi connectivity index (χ2n) is 6.70. The number of H-pyrrole nitrogens is 1. The van der Waals surface area contributed by atoms with Gasteiger partial charge in [-0.2, -0.15) is 16.9 Å². The number of hydrogen-bond donors (Lipinski definition) is 1. The van der Waals surface area contributed by atoms with Gasteiger partial charge >= 0.3 is 0 Å². The van der Waals surface area contributed by atoms with E-state index in [0.717, 1.165) is 19.6 Å². The zero-order valence-electron chi connectivity index (χ0n) is 15.0. The van der Waals surface area contributed by atoms with E-state index >= 15 is 0 Å². The lowest BCUT2D eigenvalue weighted by atomic mass is 10.00. The number of aryl methyl sites for hydroxylation is 2. The highest BCUT2D eigenvalue weighted by atomic mass is 32.2. The summed E-state index contributed by atoms with van der Waals surface area (Å²) in [5.41, 5.74) is 6.36. The molecule has 3 rings (SSSR count). The lowest BCUT2D eigenvalue weighted by molar-refractivity contribution is 0.133. The summed E-state index contributed by atoms with van der Waals surface area (Å²) in [7, 11) is 0. The standard InChI is InChI=1S/C19H28N4S/c1-15-4-5-16(2)18(12-15)19-17(13-20-21-19)14-23-8-6-22(7-9-23)10-11-24-3/h4-5,12-13H,6-11,14H2,1-3H3,(H,20,21). The quantitative estimate of drug-likeness (QED) is 0.873. The number of aromatic amines is 1. The van der Waals surface area contributed by atoms with Gasteiger partial charge in [0.1, 0.15) is 0 Å². The first-order valence-corrected chi connectivity index (χ1v) is 10.1. The molecule has 1 N–H and O–H groups in total. The maximum atomic E-state index is 4.33. The third-order valence-corrected chi connectivity index (χ3v) is 5.44. The van der Waals surface area contributed by atoms with Crippen LogP contribution in [-0.2, 0) is 6.54 Å². The van der Waals surface area contributed by atoms with Crippen LogP contribution in [0, 0.1) is 13.8 Å². The SMILES string of the molecule is CSCCN1CCN(Cc2cn[nH]c2-c2cc(C)ccc2C)CC1. The van der Waals surface area contributed by atoms with Crippen LogP contribution in [0.1, 0.15) is 16.7 Å². The van der Waals surface area contributed by atoms with Gasteiger partial charge in [-0.25, -0.2) is 0 Å². The summed E-state index contributed by atoms with van der Waals surface area (Å²) in [6.07, 6.45) is 4.18. The summed E-state index contributed by atoms with van der Waals surface area (Å²) < 4.78 is 0. The molecule has 0 radical (unpaired) electrons. The minimum Gasteiger partial charge on any atom is -0.300 e. The zero-order chi connectivity index (χ0) is 16.9. The Hall–Kier alpha value is -1.30. The number of rotatable bonds is 6. The minimum absolute atomic E-state index is 0.982. The molecule has 24 heavy (non-hydrogen) atoms. The smallest absolute Gasteiger partial charge is 0.0698 e. The van der Waals surface area contributed by atoms with Gasteiger partial charge in [-0.1, -0.05) is 17.7 Å². The largest absolute Gasteiger partial charge is 0.300 e. The number of piperazine rings is 1. The van der Waals surface area contributed by atoms with Crippen LogP contribution < -0.4 is 0 Å². The molecule has 2 aromatic rings. The van der Waals surface area contributed by atoms with E-state index in [0.29, 0.717) is 0 Å². The van der Waals surface area contributed by atoms with E-state index in [-0.39, 0.29) is 0 Å². The van der Waals surface area contributed by atoms with E-state index in [4.69, 9.17) is 0 Å². The van der Waals surface area contributed by atoms with Crippen LogP contribution in [-0.4, -0.2) is 64.7 Å². The molecule has 5 heteroatoms. The van der Waals surface area contributed by atoms with Crippen LogP contribution in [0.4, 0.5) is 0 Å². The van der Waals surface area contributed by atoms with Gasteiger partial charge in [0.2, 0.25) is 0 Å². The van der Waals surface area contributed by atoms with Gasteiger partial charge in [-0.05, 0) is 31.7 Å². The topological polar surface area (TPSA) is 35.2 Å². The summed E-state index contributed by atoms with van der Waals surface area (Å²) in [5, 5.41) is 7.55.